The lowest BCUT2D eigenvalue weighted by molar-refractivity contribution is 0.00578. The Morgan fingerprint density at radius 2 is 0.811 bits per heavy atom. The van der Waals surface area contributed by atoms with Gasteiger partial charge >= 0.3 is 25.4 Å². The SMILES string of the molecule is CC(C)(C)OC(=O)N1CC=C(B2OC(C)(C)C(C)(C)O2)CC1.Cc1cc(Br)c2oc(C#N)c(Cc3ccccc3)c2c1.Cc1cc(C2=CCN(C(=O)OC(C)(C)C)CC2)c2oc(C#N)c(Cc3ccccc3)c2c1.Cc1cc(C2CCN(C(=O)OC(C)(C)C)CC2)c2oc(C#N)c(Cc3ccccc3)c2c1.Cc1cc(C2CCNCC2)c2oc(C(N)=O)c(Cc3ccccc3)c2c1. The molecule has 17 rings (SSSR count). The molecule has 5 aliphatic heterocycles. The predicted molar refractivity (Wildman–Crippen MR) is 523 cm³/mol. The number of carbonyl (C=O) groups excluding carboxylic acids is 4. The van der Waals surface area contributed by atoms with E-state index in [-0.39, 0.29) is 42.5 Å². The average molecular weight is 1840 g/mol. The molecule has 0 spiro atoms. The van der Waals surface area contributed by atoms with E-state index in [9.17, 15) is 35.0 Å². The van der Waals surface area contributed by atoms with Gasteiger partial charge in [-0.2, -0.15) is 15.8 Å². The normalized spacial score (nSPS) is 15.8. The highest BCUT2D eigenvalue weighted by atomic mass is 79.9. The molecule has 4 amide bonds. The van der Waals surface area contributed by atoms with Crippen molar-refractivity contribution in [3.8, 4) is 18.2 Å². The van der Waals surface area contributed by atoms with Crippen molar-refractivity contribution < 1.29 is 60.4 Å². The van der Waals surface area contributed by atoms with E-state index in [1.54, 1.807) is 14.7 Å². The second kappa shape index (κ2) is 41.6. The molecule has 0 bridgehead atoms. The van der Waals surface area contributed by atoms with Gasteiger partial charge in [0.15, 0.2) is 5.76 Å². The van der Waals surface area contributed by atoms with E-state index in [2.05, 4.69) is 157 Å². The third kappa shape index (κ3) is 24.1. The van der Waals surface area contributed by atoms with E-state index in [1.165, 1.54) is 16.7 Å². The van der Waals surface area contributed by atoms with Gasteiger partial charge in [-0.3, -0.25) is 4.79 Å². The summed E-state index contributed by atoms with van der Waals surface area (Å²) < 4.78 is 53.4. The number of nitrogens with two attached hydrogens (primary N) is 1. The summed E-state index contributed by atoms with van der Waals surface area (Å²) in [7, 11) is -0.314. The molecule has 4 aromatic heterocycles. The standard InChI is InChI=1S/C27H30N2O3.C27H28N2O3.C22H24N2O2.C17H12BrNO.C16H28BNO4/c2*1-18-14-21(20-10-12-29(13-11-20)26(30)32-27(2,3)4)25-23(15-18)22(24(17-28)31-25)16-19-8-6-5-7-9-19;1-14-11-17(16-7-9-24-10-8-16)20-18(12-14)19(21(26-20)22(23)25)13-15-5-3-2-4-6-15;1-11-7-14-13(9-12-5-3-2-4-6-12)16(10-19)20-17(14)15(18)8-11;1-14(2,3)20-13(19)18-10-8-12(9-11-18)17-21-15(4,5)16(6,7)22-17/h5-9,14-15,20H,10-13,16H2,1-4H3;5-10,14-15H,11-13,16H2,1-4H3;2-6,11-12,16,24H,7-10,13H2,1H3,(H2,23,25);2-8H,9H2,1H3;8H,9-11H2,1-7H3. The summed E-state index contributed by atoms with van der Waals surface area (Å²) in [5, 5.41) is 36.2. The van der Waals surface area contributed by atoms with Gasteiger partial charge in [0, 0.05) is 114 Å². The van der Waals surface area contributed by atoms with Crippen LogP contribution in [0.15, 0.2) is 210 Å². The molecule has 21 nitrogen and oxygen atoms in total. The topological polar surface area (TPSA) is 286 Å². The number of halogens is 1. The number of amides is 4. The highest BCUT2D eigenvalue weighted by Gasteiger charge is 2.53. The zero-order valence-electron chi connectivity index (χ0n) is 79.2. The molecule has 0 radical (unpaired) electrons. The first-order chi connectivity index (χ1) is 62.7. The highest BCUT2D eigenvalue weighted by molar-refractivity contribution is 9.10. The number of likely N-dealkylation sites (tertiary alicyclic amines) is 1. The van der Waals surface area contributed by atoms with Crippen LogP contribution in [0.3, 0.4) is 0 Å². The predicted octanol–water partition coefficient (Wildman–Crippen LogP) is 24.6. The third-order valence-corrected chi connectivity index (χ3v) is 25.2. The quantitative estimate of drug-likeness (QED) is 0.0801. The Bertz CT molecular complexity index is 6350. The van der Waals surface area contributed by atoms with Gasteiger partial charge in [-0.25, -0.2) is 14.4 Å². The molecule has 132 heavy (non-hydrogen) atoms. The second-order valence-electron chi connectivity index (χ2n) is 39.0. The molecule has 23 heteroatoms. The van der Waals surface area contributed by atoms with Gasteiger partial charge in [-0.05, 0) is 300 Å². The number of aryl methyl sites for hydroxylation is 4. The summed E-state index contributed by atoms with van der Waals surface area (Å²) in [6.45, 7) is 38.9. The van der Waals surface area contributed by atoms with Crippen LogP contribution in [0.4, 0.5) is 14.4 Å². The number of benzene rings is 8. The summed E-state index contributed by atoms with van der Waals surface area (Å²) in [6.07, 6.45) is 11.2. The van der Waals surface area contributed by atoms with Gasteiger partial charge in [0.1, 0.15) is 57.3 Å². The number of nitrogens with one attached hydrogen (secondary N) is 1. The van der Waals surface area contributed by atoms with Crippen LogP contribution < -0.4 is 11.1 Å². The first-order valence-electron chi connectivity index (χ1n) is 45.7. The molecule has 0 saturated carbocycles. The Morgan fingerprint density at radius 1 is 0.455 bits per heavy atom. The minimum absolute atomic E-state index is 0.250. The average Bonchev–Trinajstić information content (AvgIpc) is 1.63. The van der Waals surface area contributed by atoms with Crippen LogP contribution in [0, 0.1) is 61.7 Å². The Labute approximate surface area is 784 Å². The molecule has 0 aliphatic carbocycles. The maximum atomic E-state index is 12.4. The maximum absolute atomic E-state index is 12.4. The molecule has 0 atom stereocenters. The van der Waals surface area contributed by atoms with Crippen molar-refractivity contribution in [1.29, 1.82) is 15.8 Å². The van der Waals surface area contributed by atoms with Crippen LogP contribution in [0.2, 0.25) is 0 Å². The fraction of sp³-hybridized carbons (Fsp3) is 0.385. The number of hydrogen-bond acceptors (Lipinski definition) is 17. The van der Waals surface area contributed by atoms with Crippen molar-refractivity contribution in [3.05, 3.63) is 298 Å². The van der Waals surface area contributed by atoms with E-state index in [0.29, 0.717) is 100 Å². The Morgan fingerprint density at radius 3 is 1.21 bits per heavy atom. The van der Waals surface area contributed by atoms with E-state index in [0.717, 1.165) is 171 Å². The van der Waals surface area contributed by atoms with Crippen molar-refractivity contribution >= 4 is 96.7 Å². The number of furan rings is 4. The van der Waals surface area contributed by atoms with Gasteiger partial charge in [-0.1, -0.05) is 146 Å². The summed E-state index contributed by atoms with van der Waals surface area (Å²) in [5.41, 5.74) is 25.2. The molecule has 3 fully saturated rings. The lowest BCUT2D eigenvalue weighted by atomic mass is 9.75. The van der Waals surface area contributed by atoms with E-state index >= 15 is 0 Å². The number of fused-ring (bicyclic) bond motifs is 4. The zero-order chi connectivity index (χ0) is 94.7. The van der Waals surface area contributed by atoms with Crippen molar-refractivity contribution in [1.82, 2.24) is 20.0 Å². The van der Waals surface area contributed by atoms with Crippen molar-refractivity contribution in [2.75, 3.05) is 52.4 Å². The van der Waals surface area contributed by atoms with E-state index in [1.807, 2.05) is 182 Å². The van der Waals surface area contributed by atoms with Gasteiger partial charge in [0.2, 0.25) is 17.3 Å². The van der Waals surface area contributed by atoms with Gasteiger partial charge < -0.3 is 66.9 Å². The van der Waals surface area contributed by atoms with Crippen LogP contribution in [0.1, 0.15) is 252 Å². The number of nitrogens with zero attached hydrogens (tertiary/aromatic N) is 6. The molecule has 9 heterocycles. The Kier molecular flexibility index (Phi) is 30.6. The lowest BCUT2D eigenvalue weighted by Crippen LogP contribution is -2.41. The van der Waals surface area contributed by atoms with Gasteiger partial charge in [0.05, 0.1) is 15.7 Å². The minimum atomic E-state index is -0.513. The number of piperidine rings is 2. The second-order valence-corrected chi connectivity index (χ2v) is 39.8. The van der Waals surface area contributed by atoms with Crippen molar-refractivity contribution in [2.24, 2.45) is 5.73 Å². The molecular weight excluding hydrogens is 1720 g/mol. The van der Waals surface area contributed by atoms with Crippen LogP contribution in [-0.2, 0) is 49.2 Å². The smallest absolute Gasteiger partial charge is 0.450 e. The Hall–Kier alpha value is -12.4. The number of rotatable bonds is 13. The molecular formula is C109H122BBrN8O13. The molecule has 12 aromatic rings. The number of nitriles is 3. The number of hydrogen-bond donors (Lipinski definition) is 2. The van der Waals surface area contributed by atoms with Crippen molar-refractivity contribution in [3.63, 3.8) is 0 Å². The van der Waals surface area contributed by atoms with Gasteiger partial charge in [0.25, 0.3) is 5.91 Å². The molecule has 8 aromatic carbocycles. The lowest BCUT2D eigenvalue weighted by Gasteiger charge is -2.33. The fourth-order valence-electron chi connectivity index (χ4n) is 17.4. The van der Waals surface area contributed by atoms with Crippen LogP contribution >= 0.6 is 15.9 Å². The third-order valence-electron chi connectivity index (χ3n) is 24.6. The number of ether oxygens (including phenoxy) is 3. The summed E-state index contributed by atoms with van der Waals surface area (Å²) in [6, 6.07) is 64.1. The highest BCUT2D eigenvalue weighted by Crippen LogP contribution is 2.44. The minimum Gasteiger partial charge on any atom is -0.450 e. The van der Waals surface area contributed by atoms with Gasteiger partial charge in [-0.15, -0.1) is 0 Å². The molecule has 686 valence electrons. The fourth-order valence-corrected chi connectivity index (χ4v) is 18.1. The molecule has 5 aliphatic rings. The number of primary amides is 1. The van der Waals surface area contributed by atoms with E-state index in [4.69, 9.17) is 46.9 Å². The molecule has 3 saturated heterocycles. The maximum Gasteiger partial charge on any atom is 0.490 e. The van der Waals surface area contributed by atoms with Crippen LogP contribution in [0.5, 0.6) is 0 Å². The Balaban J connectivity index is 0.000000142. The number of carbonyl (C=O) groups is 4. The zero-order valence-corrected chi connectivity index (χ0v) is 80.8. The van der Waals surface area contributed by atoms with Crippen LogP contribution in [0.25, 0.3) is 49.5 Å². The summed E-state index contributed by atoms with van der Waals surface area (Å²) in [5.74, 6) is 1.68. The van der Waals surface area contributed by atoms with E-state index < -0.39 is 22.7 Å². The summed E-state index contributed by atoms with van der Waals surface area (Å²) in [4.78, 5) is 54.2. The molecule has 3 N–H and O–H groups in total. The largest absolute Gasteiger partial charge is 0.490 e. The monoisotopic (exact) mass is 1840 g/mol. The molecule has 0 unspecified atom stereocenters. The first kappa shape index (κ1) is 97.1. The van der Waals surface area contributed by atoms with Crippen molar-refractivity contribution in [2.45, 2.75) is 222 Å². The summed E-state index contributed by atoms with van der Waals surface area (Å²) >= 11 is 3.51. The first-order valence-corrected chi connectivity index (χ1v) is 46.5. The van der Waals surface area contributed by atoms with Crippen LogP contribution in [-0.4, -0.2) is 126 Å².